The number of hydrogen-bond acceptors (Lipinski definition) is 6. The molecule has 1 saturated heterocycles. The van der Waals surface area contributed by atoms with Crippen molar-refractivity contribution in [1.82, 2.24) is 9.91 Å². The zero-order valence-corrected chi connectivity index (χ0v) is 18.1. The predicted molar refractivity (Wildman–Crippen MR) is 116 cm³/mol. The maximum Gasteiger partial charge on any atom is 0.309 e. The SMILES string of the molecule is CCOC(=O)C1CCN(CC(=O)N2N=C(c3ccc(C)cc3)C[C@H]2c2ccco2)CC1. The number of carbonyl (C=O) groups is 2. The van der Waals surface area contributed by atoms with Crippen molar-refractivity contribution in [3.05, 3.63) is 59.5 Å². The quantitative estimate of drug-likeness (QED) is 0.665. The lowest BCUT2D eigenvalue weighted by Crippen LogP contribution is -2.43. The summed E-state index contributed by atoms with van der Waals surface area (Å²) < 4.78 is 10.8. The minimum absolute atomic E-state index is 0.0573. The van der Waals surface area contributed by atoms with Gasteiger partial charge < -0.3 is 9.15 Å². The number of rotatable bonds is 6. The molecular weight excluding hydrogens is 394 g/mol. The minimum atomic E-state index is -0.240. The van der Waals surface area contributed by atoms with Crippen LogP contribution in [0.5, 0.6) is 0 Å². The van der Waals surface area contributed by atoms with E-state index in [4.69, 9.17) is 14.3 Å². The van der Waals surface area contributed by atoms with Crippen LogP contribution in [0.25, 0.3) is 0 Å². The van der Waals surface area contributed by atoms with Crippen LogP contribution in [0.3, 0.4) is 0 Å². The molecule has 31 heavy (non-hydrogen) atoms. The summed E-state index contributed by atoms with van der Waals surface area (Å²) in [5.74, 6) is 0.483. The van der Waals surface area contributed by atoms with E-state index < -0.39 is 0 Å². The standard InChI is InChI=1S/C24H29N3O4/c1-3-30-24(29)19-10-12-26(13-11-19)16-23(28)27-21(22-5-4-14-31-22)15-20(25-27)18-8-6-17(2)7-9-18/h4-9,14,19,21H,3,10-13,15-16H2,1-2H3/t21-/m0/s1. The largest absolute Gasteiger partial charge is 0.467 e. The summed E-state index contributed by atoms with van der Waals surface area (Å²) in [6.07, 6.45) is 3.67. The Bertz CT molecular complexity index is 928. The molecular formula is C24H29N3O4. The molecule has 1 atom stereocenters. The first-order valence-corrected chi connectivity index (χ1v) is 10.9. The molecule has 0 unspecified atom stereocenters. The van der Waals surface area contributed by atoms with Crippen LogP contribution in [0.1, 0.15) is 49.1 Å². The van der Waals surface area contributed by atoms with E-state index >= 15 is 0 Å². The Morgan fingerprint density at radius 3 is 2.55 bits per heavy atom. The van der Waals surface area contributed by atoms with Gasteiger partial charge in [-0.3, -0.25) is 14.5 Å². The number of hydrazone groups is 1. The molecule has 0 aliphatic carbocycles. The monoisotopic (exact) mass is 423 g/mol. The Balaban J connectivity index is 1.44. The van der Waals surface area contributed by atoms with Crippen molar-refractivity contribution in [2.75, 3.05) is 26.2 Å². The number of furan rings is 1. The number of aryl methyl sites for hydroxylation is 1. The van der Waals surface area contributed by atoms with E-state index in [0.717, 1.165) is 17.0 Å². The minimum Gasteiger partial charge on any atom is -0.467 e. The second-order valence-corrected chi connectivity index (χ2v) is 8.19. The molecule has 1 fully saturated rings. The number of likely N-dealkylation sites (tertiary alicyclic amines) is 1. The van der Waals surface area contributed by atoms with Crippen molar-refractivity contribution in [3.8, 4) is 0 Å². The van der Waals surface area contributed by atoms with E-state index in [0.29, 0.717) is 39.0 Å². The van der Waals surface area contributed by atoms with Crippen molar-refractivity contribution in [1.29, 1.82) is 0 Å². The lowest BCUT2D eigenvalue weighted by molar-refractivity contribution is -0.149. The van der Waals surface area contributed by atoms with Gasteiger partial charge in [0.15, 0.2) is 0 Å². The van der Waals surface area contributed by atoms with Crippen LogP contribution < -0.4 is 0 Å². The second-order valence-electron chi connectivity index (χ2n) is 8.19. The highest BCUT2D eigenvalue weighted by atomic mass is 16.5. The maximum absolute atomic E-state index is 13.2. The molecule has 164 valence electrons. The zero-order valence-electron chi connectivity index (χ0n) is 18.1. The molecule has 4 rings (SSSR count). The van der Waals surface area contributed by atoms with E-state index in [9.17, 15) is 9.59 Å². The van der Waals surface area contributed by atoms with Crippen LogP contribution in [0, 0.1) is 12.8 Å². The Morgan fingerprint density at radius 1 is 1.16 bits per heavy atom. The average molecular weight is 424 g/mol. The normalized spacial score (nSPS) is 20.0. The highest BCUT2D eigenvalue weighted by Crippen LogP contribution is 2.33. The van der Waals surface area contributed by atoms with Crippen molar-refractivity contribution in [2.24, 2.45) is 11.0 Å². The lowest BCUT2D eigenvalue weighted by atomic mass is 9.97. The van der Waals surface area contributed by atoms with Crippen LogP contribution in [-0.4, -0.2) is 53.7 Å². The summed E-state index contributed by atoms with van der Waals surface area (Å²) in [6, 6.07) is 11.7. The summed E-state index contributed by atoms with van der Waals surface area (Å²) in [7, 11) is 0. The predicted octanol–water partition coefficient (Wildman–Crippen LogP) is 3.54. The van der Waals surface area contributed by atoms with Crippen molar-refractivity contribution >= 4 is 17.6 Å². The number of ether oxygens (including phenoxy) is 1. The molecule has 0 N–H and O–H groups in total. The van der Waals surface area contributed by atoms with Gasteiger partial charge in [0, 0.05) is 6.42 Å². The van der Waals surface area contributed by atoms with Gasteiger partial charge in [0.25, 0.3) is 5.91 Å². The van der Waals surface area contributed by atoms with Crippen molar-refractivity contribution in [3.63, 3.8) is 0 Å². The van der Waals surface area contributed by atoms with E-state index in [-0.39, 0.29) is 30.4 Å². The fraction of sp³-hybridized carbons (Fsp3) is 0.458. The summed E-state index contributed by atoms with van der Waals surface area (Å²) in [6.45, 7) is 5.95. The molecule has 0 saturated carbocycles. The molecule has 7 nitrogen and oxygen atoms in total. The number of benzene rings is 1. The van der Waals surface area contributed by atoms with Crippen LogP contribution in [0.15, 0.2) is 52.2 Å². The highest BCUT2D eigenvalue weighted by molar-refractivity contribution is 6.03. The van der Waals surface area contributed by atoms with Crippen molar-refractivity contribution < 1.29 is 18.7 Å². The van der Waals surface area contributed by atoms with E-state index in [2.05, 4.69) is 17.0 Å². The number of hydrogen-bond donors (Lipinski definition) is 0. The number of esters is 1. The van der Waals surface area contributed by atoms with Gasteiger partial charge in [0.1, 0.15) is 11.8 Å². The van der Waals surface area contributed by atoms with Gasteiger partial charge in [-0.25, -0.2) is 5.01 Å². The van der Waals surface area contributed by atoms with Gasteiger partial charge in [-0.2, -0.15) is 5.10 Å². The van der Waals surface area contributed by atoms with Gasteiger partial charge in [-0.05, 0) is 57.5 Å². The Kier molecular flexibility index (Phi) is 6.51. The molecule has 2 aliphatic heterocycles. The van der Waals surface area contributed by atoms with Gasteiger partial charge >= 0.3 is 5.97 Å². The molecule has 0 spiro atoms. The third kappa shape index (κ3) is 4.88. The first kappa shape index (κ1) is 21.3. The fourth-order valence-electron chi connectivity index (χ4n) is 4.21. The van der Waals surface area contributed by atoms with E-state index in [1.807, 2.05) is 38.1 Å². The van der Waals surface area contributed by atoms with Crippen LogP contribution in [0.4, 0.5) is 0 Å². The maximum atomic E-state index is 13.2. The first-order valence-electron chi connectivity index (χ1n) is 10.9. The zero-order chi connectivity index (χ0) is 21.8. The Morgan fingerprint density at radius 2 is 1.90 bits per heavy atom. The van der Waals surface area contributed by atoms with Gasteiger partial charge in [0.2, 0.25) is 0 Å². The van der Waals surface area contributed by atoms with Crippen LogP contribution in [0.2, 0.25) is 0 Å². The molecule has 1 aromatic heterocycles. The van der Waals surface area contributed by atoms with Crippen LogP contribution in [-0.2, 0) is 14.3 Å². The average Bonchev–Trinajstić information content (AvgIpc) is 3.45. The summed E-state index contributed by atoms with van der Waals surface area (Å²) in [5.41, 5.74) is 3.09. The highest BCUT2D eigenvalue weighted by Gasteiger charge is 2.36. The molecule has 1 aromatic carbocycles. The van der Waals surface area contributed by atoms with E-state index in [1.165, 1.54) is 5.56 Å². The Hall–Kier alpha value is -2.93. The molecule has 2 aromatic rings. The Labute approximate surface area is 182 Å². The van der Waals surface area contributed by atoms with Gasteiger partial charge in [0.05, 0.1) is 31.0 Å². The molecule has 0 bridgehead atoms. The first-order chi connectivity index (χ1) is 15.0. The molecule has 2 aliphatic rings. The van der Waals surface area contributed by atoms with E-state index in [1.54, 1.807) is 11.3 Å². The second kappa shape index (κ2) is 9.47. The topological polar surface area (TPSA) is 75.3 Å². The van der Waals surface area contributed by atoms with Gasteiger partial charge in [-0.15, -0.1) is 0 Å². The molecule has 3 heterocycles. The fourth-order valence-corrected chi connectivity index (χ4v) is 4.21. The molecule has 7 heteroatoms. The van der Waals surface area contributed by atoms with Crippen LogP contribution >= 0.6 is 0 Å². The number of amides is 1. The number of nitrogens with zero attached hydrogens (tertiary/aromatic N) is 3. The smallest absolute Gasteiger partial charge is 0.309 e. The third-order valence-electron chi connectivity index (χ3n) is 5.99. The summed E-state index contributed by atoms with van der Waals surface area (Å²) >= 11 is 0. The third-order valence-corrected chi connectivity index (χ3v) is 5.99. The summed E-state index contributed by atoms with van der Waals surface area (Å²) in [5, 5.41) is 6.27. The van der Waals surface area contributed by atoms with Crippen molar-refractivity contribution in [2.45, 2.75) is 39.2 Å². The summed E-state index contributed by atoms with van der Waals surface area (Å²) in [4.78, 5) is 27.3. The molecule has 1 amide bonds. The molecule has 0 radical (unpaired) electrons. The number of carbonyl (C=O) groups excluding carboxylic acids is 2. The van der Waals surface area contributed by atoms with Gasteiger partial charge in [-0.1, -0.05) is 29.8 Å². The lowest BCUT2D eigenvalue weighted by Gasteiger charge is -2.31. The number of piperidine rings is 1.